The van der Waals surface area contributed by atoms with Crippen LogP contribution in [0.2, 0.25) is 0 Å². The number of hydrogen-bond acceptors (Lipinski definition) is 4. The van der Waals surface area contributed by atoms with Crippen molar-refractivity contribution in [2.45, 2.75) is 12.8 Å². The quantitative estimate of drug-likeness (QED) is 0.885. The molecule has 0 aromatic heterocycles. The standard InChI is InChI=1S/C17H26N4O/c1-20-10-12-21(13-11-20)16-4-2-15(3-5-16)19-17(22)14-6-8-18-9-7-14/h2-5,14,18H,6-13H2,1H3,(H,19,22). The summed E-state index contributed by atoms with van der Waals surface area (Å²) < 4.78 is 0. The van der Waals surface area contributed by atoms with E-state index in [1.165, 1.54) is 5.69 Å². The Morgan fingerprint density at radius 3 is 2.36 bits per heavy atom. The Balaban J connectivity index is 1.56. The molecule has 0 spiro atoms. The van der Waals surface area contributed by atoms with E-state index < -0.39 is 0 Å². The molecule has 22 heavy (non-hydrogen) atoms. The van der Waals surface area contributed by atoms with Gasteiger partial charge in [-0.25, -0.2) is 0 Å². The second-order valence-corrected chi connectivity index (χ2v) is 6.35. The van der Waals surface area contributed by atoms with Crippen LogP contribution in [0.5, 0.6) is 0 Å². The number of rotatable bonds is 3. The van der Waals surface area contributed by atoms with E-state index in [0.29, 0.717) is 0 Å². The Labute approximate surface area is 132 Å². The van der Waals surface area contributed by atoms with Crippen molar-refractivity contribution in [3.8, 4) is 0 Å². The van der Waals surface area contributed by atoms with Gasteiger partial charge in [0.15, 0.2) is 0 Å². The first-order valence-corrected chi connectivity index (χ1v) is 8.27. The second-order valence-electron chi connectivity index (χ2n) is 6.35. The summed E-state index contributed by atoms with van der Waals surface area (Å²) in [5.74, 6) is 0.312. The minimum atomic E-state index is 0.151. The van der Waals surface area contributed by atoms with Gasteiger partial charge in [-0.1, -0.05) is 0 Å². The first-order valence-electron chi connectivity index (χ1n) is 8.27. The SMILES string of the molecule is CN1CCN(c2ccc(NC(=O)C3CCNCC3)cc2)CC1. The molecule has 0 unspecified atom stereocenters. The van der Waals surface area contributed by atoms with E-state index in [4.69, 9.17) is 0 Å². The molecule has 1 aromatic rings. The van der Waals surface area contributed by atoms with Crippen molar-refractivity contribution in [1.82, 2.24) is 10.2 Å². The number of nitrogens with one attached hydrogen (secondary N) is 2. The number of piperazine rings is 1. The minimum Gasteiger partial charge on any atom is -0.369 e. The van der Waals surface area contributed by atoms with Gasteiger partial charge in [-0.2, -0.15) is 0 Å². The van der Waals surface area contributed by atoms with E-state index in [1.54, 1.807) is 0 Å². The normalized spacial score (nSPS) is 20.9. The molecule has 5 heteroatoms. The molecule has 0 saturated carbocycles. The molecular formula is C17H26N4O. The number of carbonyl (C=O) groups is 1. The fraction of sp³-hybridized carbons (Fsp3) is 0.588. The Kier molecular flexibility index (Phi) is 4.95. The lowest BCUT2D eigenvalue weighted by molar-refractivity contribution is -0.120. The van der Waals surface area contributed by atoms with Crippen molar-refractivity contribution < 1.29 is 4.79 Å². The van der Waals surface area contributed by atoms with E-state index in [-0.39, 0.29) is 11.8 Å². The van der Waals surface area contributed by atoms with Crippen molar-refractivity contribution >= 4 is 17.3 Å². The van der Waals surface area contributed by atoms with Gasteiger partial charge in [-0.15, -0.1) is 0 Å². The number of amides is 1. The molecule has 1 amide bonds. The molecule has 3 rings (SSSR count). The van der Waals surface area contributed by atoms with Crippen LogP contribution >= 0.6 is 0 Å². The number of anilines is 2. The summed E-state index contributed by atoms with van der Waals surface area (Å²) in [5.41, 5.74) is 2.15. The molecule has 2 aliphatic heterocycles. The maximum absolute atomic E-state index is 12.2. The van der Waals surface area contributed by atoms with Crippen molar-refractivity contribution in [3.63, 3.8) is 0 Å². The van der Waals surface area contributed by atoms with Crippen LogP contribution in [-0.4, -0.2) is 57.1 Å². The smallest absolute Gasteiger partial charge is 0.227 e. The van der Waals surface area contributed by atoms with Crippen molar-refractivity contribution in [2.75, 3.05) is 56.5 Å². The summed E-state index contributed by atoms with van der Waals surface area (Å²) in [6.45, 7) is 6.23. The molecule has 1 aromatic carbocycles. The third-order valence-electron chi connectivity index (χ3n) is 4.71. The number of nitrogens with zero attached hydrogens (tertiary/aromatic N) is 2. The highest BCUT2D eigenvalue weighted by Gasteiger charge is 2.21. The monoisotopic (exact) mass is 302 g/mol. The van der Waals surface area contributed by atoms with Crippen LogP contribution in [0.1, 0.15) is 12.8 Å². The highest BCUT2D eigenvalue weighted by Crippen LogP contribution is 2.21. The predicted molar refractivity (Wildman–Crippen MR) is 90.4 cm³/mol. The van der Waals surface area contributed by atoms with Crippen LogP contribution in [0.25, 0.3) is 0 Å². The van der Waals surface area contributed by atoms with Gasteiger partial charge in [-0.05, 0) is 57.2 Å². The molecule has 0 bridgehead atoms. The molecule has 0 aliphatic carbocycles. The van der Waals surface area contributed by atoms with Gasteiger partial charge in [0.2, 0.25) is 5.91 Å². The van der Waals surface area contributed by atoms with Crippen LogP contribution in [-0.2, 0) is 4.79 Å². The first kappa shape index (κ1) is 15.3. The zero-order chi connectivity index (χ0) is 15.4. The second kappa shape index (κ2) is 7.11. The van der Waals surface area contributed by atoms with Crippen molar-refractivity contribution in [3.05, 3.63) is 24.3 Å². The molecular weight excluding hydrogens is 276 g/mol. The molecule has 2 saturated heterocycles. The highest BCUT2D eigenvalue weighted by atomic mass is 16.1. The average molecular weight is 302 g/mol. The Morgan fingerprint density at radius 1 is 1.09 bits per heavy atom. The summed E-state index contributed by atoms with van der Waals surface area (Å²) in [5, 5.41) is 6.35. The lowest BCUT2D eigenvalue weighted by atomic mass is 9.97. The molecule has 2 fully saturated rings. The minimum absolute atomic E-state index is 0.151. The van der Waals surface area contributed by atoms with Crippen LogP contribution in [0, 0.1) is 5.92 Å². The summed E-state index contributed by atoms with van der Waals surface area (Å²) in [6.07, 6.45) is 1.87. The van der Waals surface area contributed by atoms with Gasteiger partial charge in [0, 0.05) is 43.5 Å². The number of likely N-dealkylation sites (N-methyl/N-ethyl adjacent to an activating group) is 1. The van der Waals surface area contributed by atoms with Crippen LogP contribution in [0.15, 0.2) is 24.3 Å². The molecule has 2 heterocycles. The van der Waals surface area contributed by atoms with Crippen LogP contribution < -0.4 is 15.5 Å². The molecule has 5 nitrogen and oxygen atoms in total. The number of carbonyl (C=O) groups excluding carboxylic acids is 1. The van der Waals surface area contributed by atoms with Crippen molar-refractivity contribution in [1.29, 1.82) is 0 Å². The van der Waals surface area contributed by atoms with Crippen molar-refractivity contribution in [2.24, 2.45) is 5.92 Å². The van der Waals surface area contributed by atoms with Gasteiger partial charge in [0.05, 0.1) is 0 Å². The maximum Gasteiger partial charge on any atom is 0.227 e. The van der Waals surface area contributed by atoms with E-state index in [0.717, 1.165) is 57.8 Å². The Hall–Kier alpha value is -1.59. The lowest BCUT2D eigenvalue weighted by Crippen LogP contribution is -2.44. The number of hydrogen-bond donors (Lipinski definition) is 2. The third kappa shape index (κ3) is 3.78. The van der Waals surface area contributed by atoms with E-state index in [1.807, 2.05) is 12.1 Å². The number of benzene rings is 1. The molecule has 120 valence electrons. The summed E-state index contributed by atoms with van der Waals surface area (Å²) >= 11 is 0. The topological polar surface area (TPSA) is 47.6 Å². The summed E-state index contributed by atoms with van der Waals surface area (Å²) in [6, 6.07) is 8.27. The molecule has 0 atom stereocenters. The first-order chi connectivity index (χ1) is 10.7. The van der Waals surface area contributed by atoms with E-state index >= 15 is 0 Å². The number of piperidine rings is 1. The third-order valence-corrected chi connectivity index (χ3v) is 4.71. The Morgan fingerprint density at radius 2 is 1.73 bits per heavy atom. The average Bonchev–Trinajstić information content (AvgIpc) is 2.57. The largest absolute Gasteiger partial charge is 0.369 e. The van der Waals surface area contributed by atoms with E-state index in [9.17, 15) is 4.79 Å². The summed E-state index contributed by atoms with van der Waals surface area (Å²) in [4.78, 5) is 17.0. The van der Waals surface area contributed by atoms with Gasteiger partial charge < -0.3 is 20.4 Å². The Bertz CT molecular complexity index is 488. The van der Waals surface area contributed by atoms with Gasteiger partial charge in [0.1, 0.15) is 0 Å². The van der Waals surface area contributed by atoms with Crippen LogP contribution in [0.3, 0.4) is 0 Å². The predicted octanol–water partition coefficient (Wildman–Crippen LogP) is 1.38. The molecule has 2 N–H and O–H groups in total. The fourth-order valence-electron chi connectivity index (χ4n) is 3.15. The summed E-state index contributed by atoms with van der Waals surface area (Å²) in [7, 11) is 2.16. The molecule has 0 radical (unpaired) electrons. The van der Waals surface area contributed by atoms with Gasteiger partial charge >= 0.3 is 0 Å². The fourth-order valence-corrected chi connectivity index (χ4v) is 3.15. The zero-order valence-electron chi connectivity index (χ0n) is 13.3. The van der Waals surface area contributed by atoms with E-state index in [2.05, 4.69) is 39.6 Å². The highest BCUT2D eigenvalue weighted by molar-refractivity contribution is 5.92. The molecule has 2 aliphatic rings. The lowest BCUT2D eigenvalue weighted by Gasteiger charge is -2.34. The maximum atomic E-state index is 12.2. The van der Waals surface area contributed by atoms with Crippen LogP contribution in [0.4, 0.5) is 11.4 Å². The van der Waals surface area contributed by atoms with Gasteiger partial charge in [-0.3, -0.25) is 4.79 Å². The van der Waals surface area contributed by atoms with Gasteiger partial charge in [0.25, 0.3) is 0 Å². The zero-order valence-corrected chi connectivity index (χ0v) is 13.3.